The summed E-state index contributed by atoms with van der Waals surface area (Å²) in [5, 5.41) is 1.95. The zero-order valence-corrected chi connectivity index (χ0v) is 18.6. The van der Waals surface area contributed by atoms with Gasteiger partial charge in [-0.05, 0) is 60.9 Å². The van der Waals surface area contributed by atoms with Gasteiger partial charge >= 0.3 is 0 Å². The number of H-pyrrole nitrogens is 1. The van der Waals surface area contributed by atoms with Crippen molar-refractivity contribution in [1.29, 1.82) is 0 Å². The number of hydrogen-bond acceptors (Lipinski definition) is 4. The topological polar surface area (TPSA) is 50.4 Å². The molecular formula is C27H26FN3O2. The molecule has 2 aliphatic heterocycles. The monoisotopic (exact) mass is 443 g/mol. The predicted molar refractivity (Wildman–Crippen MR) is 128 cm³/mol. The van der Waals surface area contributed by atoms with Crippen LogP contribution in [0, 0.1) is 5.82 Å². The molecule has 0 spiro atoms. The number of fused-ring (bicyclic) bond motifs is 4. The maximum atomic E-state index is 13.8. The number of hydrogen-bond donors (Lipinski definition) is 1. The van der Waals surface area contributed by atoms with Gasteiger partial charge in [-0.2, -0.15) is 0 Å². The molecule has 0 bridgehead atoms. The highest BCUT2D eigenvalue weighted by Crippen LogP contribution is 2.39. The molecule has 0 fully saturated rings. The van der Waals surface area contributed by atoms with E-state index in [0.717, 1.165) is 77.0 Å². The Labute approximate surface area is 191 Å². The van der Waals surface area contributed by atoms with Crippen LogP contribution in [0.5, 0.6) is 11.5 Å². The summed E-state index contributed by atoms with van der Waals surface area (Å²) in [6.07, 6.45) is 6.03. The van der Waals surface area contributed by atoms with Crippen molar-refractivity contribution in [1.82, 2.24) is 14.9 Å². The molecule has 168 valence electrons. The predicted octanol–water partition coefficient (Wildman–Crippen LogP) is 5.35. The molecule has 5 nitrogen and oxygen atoms in total. The summed E-state index contributed by atoms with van der Waals surface area (Å²) in [5.74, 6) is 1.38. The average molecular weight is 444 g/mol. The lowest BCUT2D eigenvalue weighted by atomic mass is 9.98. The Morgan fingerprint density at radius 3 is 2.94 bits per heavy atom. The summed E-state index contributed by atoms with van der Waals surface area (Å²) in [4.78, 5) is 10.4. The van der Waals surface area contributed by atoms with E-state index in [4.69, 9.17) is 14.5 Å². The first-order valence-electron chi connectivity index (χ1n) is 11.6. The van der Waals surface area contributed by atoms with E-state index in [-0.39, 0.29) is 11.9 Å². The van der Waals surface area contributed by atoms with Crippen molar-refractivity contribution in [3.05, 3.63) is 71.8 Å². The number of halogens is 1. The number of nitrogens with zero attached hydrogens (tertiary/aromatic N) is 2. The first-order valence-corrected chi connectivity index (χ1v) is 11.6. The van der Waals surface area contributed by atoms with Crippen molar-refractivity contribution in [3.8, 4) is 11.5 Å². The fourth-order valence-electron chi connectivity index (χ4n) is 4.87. The first kappa shape index (κ1) is 20.2. The average Bonchev–Trinajstić information content (AvgIpc) is 3.27. The Morgan fingerprint density at radius 1 is 1.15 bits per heavy atom. The Hall–Kier alpha value is -3.38. The molecule has 0 saturated heterocycles. The highest BCUT2D eigenvalue weighted by molar-refractivity contribution is 5.93. The number of aromatic amines is 1. The molecule has 4 heterocycles. The van der Waals surface area contributed by atoms with Gasteiger partial charge in [-0.25, -0.2) is 4.39 Å². The molecule has 33 heavy (non-hydrogen) atoms. The van der Waals surface area contributed by atoms with Gasteiger partial charge in [0.1, 0.15) is 18.5 Å². The van der Waals surface area contributed by atoms with E-state index in [1.165, 1.54) is 11.6 Å². The molecule has 4 aromatic rings. The molecule has 2 aromatic heterocycles. The van der Waals surface area contributed by atoms with Crippen molar-refractivity contribution in [3.63, 3.8) is 0 Å². The van der Waals surface area contributed by atoms with Crippen LogP contribution < -0.4 is 9.47 Å². The van der Waals surface area contributed by atoms with Crippen LogP contribution in [0.25, 0.3) is 27.4 Å². The molecule has 0 radical (unpaired) electrons. The molecule has 0 saturated carbocycles. The standard InChI is InChI=1S/C27H26FN3O2/c1-2-19-4-5-21-25(30-19)7-8-26-27(21)33-20(16-32-26)15-31-11-9-17(10-12-31)23-14-29-24-6-3-18(28)13-22(23)24/h3-9,13-14,20,29H,2,10-12,15-16H2,1H3. The third kappa shape index (κ3) is 3.74. The summed E-state index contributed by atoms with van der Waals surface area (Å²) in [7, 11) is 0. The third-order valence-corrected chi connectivity index (χ3v) is 6.66. The Morgan fingerprint density at radius 2 is 2.09 bits per heavy atom. The van der Waals surface area contributed by atoms with Gasteiger partial charge in [0.25, 0.3) is 0 Å². The highest BCUT2D eigenvalue weighted by atomic mass is 19.1. The van der Waals surface area contributed by atoms with Crippen molar-refractivity contribution < 1.29 is 13.9 Å². The number of ether oxygens (including phenoxy) is 2. The van der Waals surface area contributed by atoms with E-state index in [2.05, 4.69) is 35.0 Å². The van der Waals surface area contributed by atoms with Crippen LogP contribution in [-0.4, -0.2) is 47.2 Å². The van der Waals surface area contributed by atoms with E-state index < -0.39 is 0 Å². The Bertz CT molecular complexity index is 1380. The van der Waals surface area contributed by atoms with Crippen LogP contribution in [0.2, 0.25) is 0 Å². The van der Waals surface area contributed by atoms with Gasteiger partial charge < -0.3 is 14.5 Å². The second kappa shape index (κ2) is 8.19. The molecule has 6 rings (SSSR count). The van der Waals surface area contributed by atoms with Gasteiger partial charge in [-0.3, -0.25) is 9.88 Å². The van der Waals surface area contributed by atoms with Crippen LogP contribution in [0.3, 0.4) is 0 Å². The molecule has 1 atom stereocenters. The Balaban J connectivity index is 1.17. The minimum Gasteiger partial charge on any atom is -0.486 e. The minimum absolute atomic E-state index is 0.0360. The quantitative estimate of drug-likeness (QED) is 0.462. The van der Waals surface area contributed by atoms with Crippen LogP contribution in [-0.2, 0) is 6.42 Å². The highest BCUT2D eigenvalue weighted by Gasteiger charge is 2.26. The lowest BCUT2D eigenvalue weighted by Gasteiger charge is -2.33. The maximum absolute atomic E-state index is 13.8. The lowest BCUT2D eigenvalue weighted by molar-refractivity contribution is 0.0632. The van der Waals surface area contributed by atoms with Crippen molar-refractivity contribution in [2.45, 2.75) is 25.9 Å². The van der Waals surface area contributed by atoms with E-state index in [1.807, 2.05) is 18.3 Å². The van der Waals surface area contributed by atoms with E-state index in [9.17, 15) is 4.39 Å². The fourth-order valence-corrected chi connectivity index (χ4v) is 4.87. The number of aromatic nitrogens is 2. The van der Waals surface area contributed by atoms with Crippen LogP contribution in [0.4, 0.5) is 4.39 Å². The number of rotatable bonds is 4. The van der Waals surface area contributed by atoms with Gasteiger partial charge in [-0.1, -0.05) is 13.0 Å². The molecule has 1 unspecified atom stereocenters. The third-order valence-electron chi connectivity index (χ3n) is 6.66. The van der Waals surface area contributed by atoms with Gasteiger partial charge in [0.05, 0.1) is 5.52 Å². The van der Waals surface area contributed by atoms with E-state index in [0.29, 0.717) is 6.61 Å². The van der Waals surface area contributed by atoms with Crippen LogP contribution in [0.1, 0.15) is 24.6 Å². The largest absolute Gasteiger partial charge is 0.486 e. The summed E-state index contributed by atoms with van der Waals surface area (Å²) < 4.78 is 26.2. The van der Waals surface area contributed by atoms with Crippen LogP contribution in [0.15, 0.2) is 54.7 Å². The molecular weight excluding hydrogens is 417 g/mol. The van der Waals surface area contributed by atoms with Gasteiger partial charge in [-0.15, -0.1) is 0 Å². The molecule has 0 aliphatic carbocycles. The maximum Gasteiger partial charge on any atom is 0.171 e. The summed E-state index contributed by atoms with van der Waals surface area (Å²) in [6, 6.07) is 13.0. The van der Waals surface area contributed by atoms with Gasteiger partial charge in [0.2, 0.25) is 0 Å². The second-order valence-electron chi connectivity index (χ2n) is 8.80. The molecule has 6 heteroatoms. The number of pyridine rings is 1. The van der Waals surface area contributed by atoms with Crippen LogP contribution >= 0.6 is 0 Å². The second-order valence-corrected chi connectivity index (χ2v) is 8.80. The van der Waals surface area contributed by atoms with E-state index in [1.54, 1.807) is 12.1 Å². The SMILES string of the molecule is CCc1ccc2c3c(ccc2n1)OCC(CN1CC=C(c2c[nH]c4ccc(F)cc24)CC1)O3. The zero-order chi connectivity index (χ0) is 22.4. The lowest BCUT2D eigenvalue weighted by Crippen LogP contribution is -2.42. The van der Waals surface area contributed by atoms with Gasteiger partial charge in [0, 0.05) is 53.4 Å². The van der Waals surface area contributed by atoms with Crippen molar-refractivity contribution in [2.75, 3.05) is 26.2 Å². The molecule has 2 aromatic carbocycles. The normalized spacial score (nSPS) is 18.6. The fraction of sp³-hybridized carbons (Fsp3) is 0.296. The summed E-state index contributed by atoms with van der Waals surface area (Å²) in [6.45, 7) is 5.20. The minimum atomic E-state index is -0.204. The van der Waals surface area contributed by atoms with Crippen molar-refractivity contribution >= 4 is 27.4 Å². The number of nitrogens with one attached hydrogen (secondary N) is 1. The van der Waals surface area contributed by atoms with E-state index >= 15 is 0 Å². The zero-order valence-electron chi connectivity index (χ0n) is 18.6. The van der Waals surface area contributed by atoms with Gasteiger partial charge in [0.15, 0.2) is 11.5 Å². The molecule has 2 aliphatic rings. The Kier molecular flexibility index (Phi) is 5.03. The summed E-state index contributed by atoms with van der Waals surface area (Å²) >= 11 is 0. The number of aryl methyl sites for hydroxylation is 1. The van der Waals surface area contributed by atoms with Crippen molar-refractivity contribution in [2.24, 2.45) is 0 Å². The summed E-state index contributed by atoms with van der Waals surface area (Å²) in [5.41, 5.74) is 5.34. The smallest absolute Gasteiger partial charge is 0.171 e. The molecule has 0 amide bonds. The molecule has 1 N–H and O–H groups in total. The first-order chi connectivity index (χ1) is 16.2. The number of benzene rings is 2.